The standard InChI is InChI=1S/C12H20BOP/c13-15(9-3-4-10-15)12-6-2-1-5-11(12)7-8-14/h1-2,5-6,14-15H,3-4,7-10,13H2. The van der Waals surface area contributed by atoms with E-state index in [4.69, 9.17) is 5.11 Å². The topological polar surface area (TPSA) is 20.2 Å². The van der Waals surface area contributed by atoms with Crippen molar-refractivity contribution in [3.63, 3.8) is 0 Å². The summed E-state index contributed by atoms with van der Waals surface area (Å²) in [5.74, 6) is 0. The first-order valence-electron chi connectivity index (χ1n) is 5.95. The zero-order valence-corrected chi connectivity index (χ0v) is 10.5. The third kappa shape index (κ3) is 2.27. The molecule has 0 aliphatic carbocycles. The molecule has 1 N–H and O–H groups in total. The predicted molar refractivity (Wildman–Crippen MR) is 72.7 cm³/mol. The Morgan fingerprint density at radius 3 is 2.53 bits per heavy atom. The molecule has 0 unspecified atom stereocenters. The Hall–Kier alpha value is -0.325. The third-order valence-corrected chi connectivity index (χ3v) is 8.46. The molecular weight excluding hydrogens is 202 g/mol. The van der Waals surface area contributed by atoms with Crippen molar-refractivity contribution in [3.8, 4) is 0 Å². The number of aliphatic hydroxyl groups is 1. The van der Waals surface area contributed by atoms with Crippen LogP contribution in [-0.4, -0.2) is 31.6 Å². The summed E-state index contributed by atoms with van der Waals surface area (Å²) in [6.45, 7) is 0.279. The third-order valence-electron chi connectivity index (χ3n) is 3.76. The van der Waals surface area contributed by atoms with Crippen LogP contribution in [0, 0.1) is 0 Å². The number of hydrogen-bond acceptors (Lipinski definition) is 1. The van der Waals surface area contributed by atoms with Crippen LogP contribution >= 0.6 is 7.14 Å². The van der Waals surface area contributed by atoms with Gasteiger partial charge in [-0.05, 0) is 0 Å². The van der Waals surface area contributed by atoms with E-state index in [0.717, 1.165) is 6.42 Å². The van der Waals surface area contributed by atoms with E-state index in [1.54, 1.807) is 5.30 Å². The molecule has 0 aromatic heterocycles. The van der Waals surface area contributed by atoms with Crippen LogP contribution in [0.2, 0.25) is 0 Å². The fourth-order valence-corrected chi connectivity index (χ4v) is 7.20. The normalized spacial score (nSPS) is 21.4. The van der Waals surface area contributed by atoms with Gasteiger partial charge in [-0.1, -0.05) is 0 Å². The van der Waals surface area contributed by atoms with Crippen LogP contribution in [0.15, 0.2) is 24.3 Å². The van der Waals surface area contributed by atoms with Crippen molar-refractivity contribution < 1.29 is 5.11 Å². The second kappa shape index (κ2) is 4.68. The number of aliphatic hydroxyl groups excluding tert-OH is 1. The molecular formula is C12H20BOP. The van der Waals surface area contributed by atoms with Gasteiger partial charge >= 0.3 is 93.1 Å². The first kappa shape index (κ1) is 11.2. The molecule has 0 spiro atoms. The van der Waals surface area contributed by atoms with Gasteiger partial charge in [-0.15, -0.1) is 0 Å². The number of benzene rings is 1. The monoisotopic (exact) mass is 222 g/mol. The molecule has 1 aromatic rings. The van der Waals surface area contributed by atoms with Crippen LogP contribution in [0.1, 0.15) is 18.4 Å². The summed E-state index contributed by atoms with van der Waals surface area (Å²) in [7, 11) is 1.35. The van der Waals surface area contributed by atoms with Gasteiger partial charge in [0.05, 0.1) is 0 Å². The summed E-state index contributed by atoms with van der Waals surface area (Å²) in [5.41, 5.74) is 1.40. The zero-order chi connectivity index (χ0) is 10.7. The van der Waals surface area contributed by atoms with Crippen LogP contribution in [0.25, 0.3) is 0 Å². The molecule has 0 bridgehead atoms. The molecule has 1 aliphatic heterocycles. The van der Waals surface area contributed by atoms with Crippen LogP contribution < -0.4 is 5.30 Å². The maximum absolute atomic E-state index is 9.09. The van der Waals surface area contributed by atoms with Crippen molar-refractivity contribution in [2.75, 3.05) is 18.9 Å². The van der Waals surface area contributed by atoms with E-state index in [-0.39, 0.29) is 6.61 Å². The van der Waals surface area contributed by atoms with E-state index in [1.807, 2.05) is 0 Å². The Kier molecular flexibility index (Phi) is 3.48. The molecule has 0 amide bonds. The van der Waals surface area contributed by atoms with Crippen molar-refractivity contribution in [2.24, 2.45) is 0 Å². The van der Waals surface area contributed by atoms with Crippen molar-refractivity contribution >= 4 is 20.0 Å². The SMILES string of the molecule is B[PH]1(c2ccccc2CCO)CCCC1. The minimum atomic E-state index is -1.16. The first-order chi connectivity index (χ1) is 7.26. The van der Waals surface area contributed by atoms with Gasteiger partial charge in [-0.3, -0.25) is 0 Å². The molecule has 0 saturated carbocycles. The Bertz CT molecular complexity index is 334. The van der Waals surface area contributed by atoms with Gasteiger partial charge in [0.2, 0.25) is 0 Å². The number of rotatable bonds is 3. The Morgan fingerprint density at radius 1 is 1.20 bits per heavy atom. The molecule has 1 heterocycles. The molecule has 0 radical (unpaired) electrons. The second-order valence-electron chi connectivity index (χ2n) is 4.90. The van der Waals surface area contributed by atoms with E-state index < -0.39 is 7.14 Å². The molecule has 15 heavy (non-hydrogen) atoms. The van der Waals surface area contributed by atoms with Gasteiger partial charge in [-0.2, -0.15) is 0 Å². The van der Waals surface area contributed by atoms with Crippen molar-refractivity contribution in [1.82, 2.24) is 0 Å². The quantitative estimate of drug-likeness (QED) is 0.596. The van der Waals surface area contributed by atoms with E-state index in [1.165, 1.54) is 30.7 Å². The molecule has 82 valence electrons. The minimum absolute atomic E-state index is 0.279. The molecule has 2 rings (SSSR count). The molecule has 1 saturated heterocycles. The van der Waals surface area contributed by atoms with Crippen LogP contribution in [0.5, 0.6) is 0 Å². The van der Waals surface area contributed by atoms with E-state index in [9.17, 15) is 0 Å². The first-order valence-corrected chi connectivity index (χ1v) is 8.87. The molecule has 1 aromatic carbocycles. The average molecular weight is 222 g/mol. The summed E-state index contributed by atoms with van der Waals surface area (Å²) in [6.07, 6.45) is 6.54. The van der Waals surface area contributed by atoms with Gasteiger partial charge < -0.3 is 0 Å². The zero-order valence-electron chi connectivity index (χ0n) is 9.50. The van der Waals surface area contributed by atoms with Crippen LogP contribution in [0.3, 0.4) is 0 Å². The van der Waals surface area contributed by atoms with E-state index >= 15 is 0 Å². The Balaban J connectivity index is 2.33. The summed E-state index contributed by atoms with van der Waals surface area (Å²) in [5, 5.41) is 10.7. The van der Waals surface area contributed by atoms with E-state index in [2.05, 4.69) is 31.8 Å². The number of hydrogen-bond donors (Lipinski definition) is 1. The summed E-state index contributed by atoms with van der Waals surface area (Å²) in [6, 6.07) is 8.76. The van der Waals surface area contributed by atoms with Crippen molar-refractivity contribution in [2.45, 2.75) is 19.3 Å². The predicted octanol–water partition coefficient (Wildman–Crippen LogP) is 0.938. The maximum atomic E-state index is 9.09. The van der Waals surface area contributed by atoms with Crippen molar-refractivity contribution in [3.05, 3.63) is 29.8 Å². The van der Waals surface area contributed by atoms with Gasteiger partial charge in [0.25, 0.3) is 0 Å². The summed E-state index contributed by atoms with van der Waals surface area (Å²) >= 11 is 0. The van der Waals surface area contributed by atoms with Crippen molar-refractivity contribution in [1.29, 1.82) is 0 Å². The molecule has 0 atom stereocenters. The Morgan fingerprint density at radius 2 is 1.87 bits per heavy atom. The molecule has 3 heteroatoms. The molecule has 1 nitrogen and oxygen atoms in total. The summed E-state index contributed by atoms with van der Waals surface area (Å²) < 4.78 is 0. The molecule has 1 fully saturated rings. The fraction of sp³-hybridized carbons (Fsp3) is 0.500. The molecule has 1 aliphatic rings. The Labute approximate surface area is 93.6 Å². The average Bonchev–Trinajstić information content (AvgIpc) is 2.68. The van der Waals surface area contributed by atoms with Gasteiger partial charge in [0.15, 0.2) is 0 Å². The second-order valence-corrected chi connectivity index (χ2v) is 9.56. The van der Waals surface area contributed by atoms with Crippen LogP contribution in [0.4, 0.5) is 0 Å². The summed E-state index contributed by atoms with van der Waals surface area (Å²) in [4.78, 5) is 0. The van der Waals surface area contributed by atoms with Gasteiger partial charge in [0, 0.05) is 0 Å². The van der Waals surface area contributed by atoms with Crippen LogP contribution in [-0.2, 0) is 6.42 Å². The van der Waals surface area contributed by atoms with E-state index in [0.29, 0.717) is 0 Å². The van der Waals surface area contributed by atoms with Gasteiger partial charge in [-0.25, -0.2) is 0 Å². The van der Waals surface area contributed by atoms with Gasteiger partial charge in [0.1, 0.15) is 0 Å². The fourth-order valence-electron chi connectivity index (χ4n) is 2.87.